The van der Waals surface area contributed by atoms with E-state index >= 15 is 0 Å². The zero-order valence-corrected chi connectivity index (χ0v) is 19.2. The summed E-state index contributed by atoms with van der Waals surface area (Å²) >= 11 is 1.13. The molecule has 2 aromatic rings. The number of thiazole rings is 1. The molecule has 1 aromatic carbocycles. The second-order valence-corrected chi connectivity index (χ2v) is 9.14. The van der Waals surface area contributed by atoms with Gasteiger partial charge in [0.2, 0.25) is 11.8 Å². The highest BCUT2D eigenvalue weighted by molar-refractivity contribution is 7.17. The summed E-state index contributed by atoms with van der Waals surface area (Å²) in [6.07, 6.45) is 2.65. The van der Waals surface area contributed by atoms with Crippen LogP contribution in [0.25, 0.3) is 0 Å². The second kappa shape index (κ2) is 10.1. The Morgan fingerprint density at radius 2 is 2.12 bits per heavy atom. The van der Waals surface area contributed by atoms with Crippen LogP contribution in [0.15, 0.2) is 24.3 Å². The number of rotatable bonds is 8. The summed E-state index contributed by atoms with van der Waals surface area (Å²) in [6, 6.07) is 6.75. The maximum absolute atomic E-state index is 12.6. The van der Waals surface area contributed by atoms with Gasteiger partial charge in [-0.3, -0.25) is 24.5 Å². The molecule has 1 fully saturated rings. The van der Waals surface area contributed by atoms with E-state index in [1.165, 1.54) is 7.11 Å². The smallest absolute Gasteiger partial charge is 0.257 e. The quantitative estimate of drug-likeness (QED) is 0.572. The van der Waals surface area contributed by atoms with E-state index in [-0.39, 0.29) is 29.9 Å². The summed E-state index contributed by atoms with van der Waals surface area (Å²) in [5.41, 5.74) is 0.960. The van der Waals surface area contributed by atoms with Crippen LogP contribution >= 0.6 is 11.3 Å². The summed E-state index contributed by atoms with van der Waals surface area (Å²) in [7, 11) is 1.53. The first-order chi connectivity index (χ1) is 15.9. The fourth-order valence-electron chi connectivity index (χ4n) is 4.07. The normalized spacial score (nSPS) is 17.6. The second-order valence-electron chi connectivity index (χ2n) is 8.14. The Bertz CT molecular complexity index is 1080. The lowest BCUT2D eigenvalue weighted by molar-refractivity contribution is -0.127. The Hall–Kier alpha value is -3.27. The van der Waals surface area contributed by atoms with Crippen molar-refractivity contribution in [2.75, 3.05) is 32.1 Å². The number of hydrogen-bond donors (Lipinski definition) is 2. The number of anilines is 1. The molecule has 33 heavy (non-hydrogen) atoms. The van der Waals surface area contributed by atoms with Gasteiger partial charge in [0.1, 0.15) is 5.75 Å². The highest BCUT2D eigenvalue weighted by Gasteiger charge is 2.33. The summed E-state index contributed by atoms with van der Waals surface area (Å²) < 4.78 is 5.14. The van der Waals surface area contributed by atoms with Crippen molar-refractivity contribution in [3.8, 4) is 5.75 Å². The molecule has 1 saturated heterocycles. The molecule has 9 nitrogen and oxygen atoms in total. The van der Waals surface area contributed by atoms with E-state index in [0.29, 0.717) is 59.4 Å². The number of aromatic nitrogens is 1. The van der Waals surface area contributed by atoms with Gasteiger partial charge in [-0.05, 0) is 31.0 Å². The molecule has 2 heterocycles. The number of carbonyl (C=O) groups is 4. The number of ketones is 1. The fourth-order valence-corrected chi connectivity index (χ4v) is 5.01. The van der Waals surface area contributed by atoms with Gasteiger partial charge in [-0.25, -0.2) is 4.98 Å². The Labute approximate surface area is 195 Å². The number of fused-ring (bicyclic) bond motifs is 1. The van der Waals surface area contributed by atoms with E-state index in [4.69, 9.17) is 4.74 Å². The molecule has 1 unspecified atom stereocenters. The lowest BCUT2D eigenvalue weighted by Gasteiger charge is -2.20. The van der Waals surface area contributed by atoms with Gasteiger partial charge in [0.25, 0.3) is 5.91 Å². The lowest BCUT2D eigenvalue weighted by Crippen LogP contribution is -2.37. The Morgan fingerprint density at radius 3 is 2.88 bits per heavy atom. The van der Waals surface area contributed by atoms with Crippen LogP contribution in [0.1, 0.15) is 51.4 Å². The van der Waals surface area contributed by atoms with E-state index in [2.05, 4.69) is 15.6 Å². The molecule has 0 bridgehead atoms. The molecule has 1 aromatic heterocycles. The van der Waals surface area contributed by atoms with Crippen molar-refractivity contribution in [1.82, 2.24) is 15.2 Å². The molecule has 2 N–H and O–H groups in total. The predicted octanol–water partition coefficient (Wildman–Crippen LogP) is 2.28. The molecule has 1 aliphatic carbocycles. The van der Waals surface area contributed by atoms with Crippen LogP contribution in [0, 0.1) is 5.92 Å². The molecule has 2 aliphatic rings. The SMILES string of the molecule is COc1cccc(C(=O)Nc2nc3c(s2)C(=O)CC(C(=O)NCCCN2CCCC2=O)C3)c1. The number of ether oxygens (including phenoxy) is 1. The minimum atomic E-state index is -0.484. The predicted molar refractivity (Wildman–Crippen MR) is 123 cm³/mol. The van der Waals surface area contributed by atoms with Crippen molar-refractivity contribution in [2.24, 2.45) is 5.92 Å². The molecule has 10 heteroatoms. The van der Waals surface area contributed by atoms with Crippen LogP contribution in [0.3, 0.4) is 0 Å². The Morgan fingerprint density at radius 1 is 1.27 bits per heavy atom. The first kappa shape index (κ1) is 22.9. The molecule has 174 valence electrons. The third-order valence-corrected chi connectivity index (χ3v) is 6.87. The van der Waals surface area contributed by atoms with Crippen molar-refractivity contribution in [2.45, 2.75) is 32.1 Å². The highest BCUT2D eigenvalue weighted by Crippen LogP contribution is 2.32. The number of nitrogens with zero attached hydrogens (tertiary/aromatic N) is 2. The molecule has 1 aliphatic heterocycles. The van der Waals surface area contributed by atoms with Crippen molar-refractivity contribution >= 4 is 40.0 Å². The van der Waals surface area contributed by atoms with E-state index in [0.717, 1.165) is 24.3 Å². The van der Waals surface area contributed by atoms with Gasteiger partial charge in [-0.15, -0.1) is 0 Å². The van der Waals surface area contributed by atoms with Crippen LogP contribution in [-0.2, 0) is 16.0 Å². The van der Waals surface area contributed by atoms with Crippen LogP contribution in [0.5, 0.6) is 5.75 Å². The number of hydrogen-bond acceptors (Lipinski definition) is 7. The summed E-state index contributed by atoms with van der Waals surface area (Å²) in [5, 5.41) is 5.94. The average Bonchev–Trinajstić information content (AvgIpc) is 3.42. The lowest BCUT2D eigenvalue weighted by atomic mass is 9.89. The maximum Gasteiger partial charge on any atom is 0.257 e. The monoisotopic (exact) mass is 470 g/mol. The number of benzene rings is 1. The molecule has 3 amide bonds. The summed E-state index contributed by atoms with van der Waals surface area (Å²) in [5.74, 6) is -0.419. The van der Waals surface area contributed by atoms with Gasteiger partial charge in [0, 0.05) is 44.5 Å². The molecule has 0 radical (unpaired) electrons. The zero-order chi connectivity index (χ0) is 23.4. The first-order valence-electron chi connectivity index (χ1n) is 11.0. The third-order valence-electron chi connectivity index (χ3n) is 5.82. The van der Waals surface area contributed by atoms with Gasteiger partial charge >= 0.3 is 0 Å². The average molecular weight is 471 g/mol. The van der Waals surface area contributed by atoms with Crippen molar-refractivity contribution in [1.29, 1.82) is 0 Å². The summed E-state index contributed by atoms with van der Waals surface area (Å²) in [6.45, 7) is 1.88. The van der Waals surface area contributed by atoms with Gasteiger partial charge in [-0.2, -0.15) is 0 Å². The Balaban J connectivity index is 1.31. The van der Waals surface area contributed by atoms with E-state index in [1.54, 1.807) is 24.3 Å². The number of nitrogens with one attached hydrogen (secondary N) is 2. The van der Waals surface area contributed by atoms with Gasteiger partial charge < -0.3 is 15.0 Å². The highest BCUT2D eigenvalue weighted by atomic mass is 32.1. The summed E-state index contributed by atoms with van der Waals surface area (Å²) in [4.78, 5) is 56.1. The number of amides is 3. The van der Waals surface area contributed by atoms with Gasteiger partial charge in [0.15, 0.2) is 10.9 Å². The van der Waals surface area contributed by atoms with Gasteiger partial charge in [0.05, 0.1) is 23.6 Å². The fraction of sp³-hybridized carbons (Fsp3) is 0.435. The van der Waals surface area contributed by atoms with Gasteiger partial charge in [-0.1, -0.05) is 17.4 Å². The van der Waals surface area contributed by atoms with E-state index < -0.39 is 5.92 Å². The van der Waals surface area contributed by atoms with Crippen LogP contribution < -0.4 is 15.4 Å². The molecule has 1 atom stereocenters. The number of carbonyl (C=O) groups excluding carboxylic acids is 4. The molecule has 4 rings (SSSR count). The minimum Gasteiger partial charge on any atom is -0.497 e. The van der Waals surface area contributed by atoms with E-state index in [1.807, 2.05) is 4.90 Å². The third kappa shape index (κ3) is 5.39. The first-order valence-corrected chi connectivity index (χ1v) is 11.8. The van der Waals surface area contributed by atoms with Crippen molar-refractivity contribution < 1.29 is 23.9 Å². The minimum absolute atomic E-state index is 0.120. The van der Waals surface area contributed by atoms with Crippen molar-refractivity contribution in [3.05, 3.63) is 40.4 Å². The molecule has 0 saturated carbocycles. The molecule has 0 spiro atoms. The Kier molecular flexibility index (Phi) is 7.02. The van der Waals surface area contributed by atoms with Crippen molar-refractivity contribution in [3.63, 3.8) is 0 Å². The van der Waals surface area contributed by atoms with Crippen LogP contribution in [-0.4, -0.2) is 60.1 Å². The molecular formula is C23H26N4O5S. The largest absolute Gasteiger partial charge is 0.497 e. The standard InChI is InChI=1S/C23H26N4O5S/c1-32-16-6-2-5-14(11-16)22(31)26-23-25-17-12-15(13-18(28)20(17)33-23)21(30)24-8-4-10-27-9-3-7-19(27)29/h2,5-6,11,15H,3-4,7-10,12-13H2,1H3,(H,24,30)(H,25,26,31). The topological polar surface area (TPSA) is 118 Å². The van der Waals surface area contributed by atoms with Crippen LogP contribution in [0.4, 0.5) is 5.13 Å². The molecular weight excluding hydrogens is 444 g/mol. The number of Topliss-reactive ketones (excluding diaryl/α,β-unsaturated/α-hetero) is 1. The van der Waals surface area contributed by atoms with E-state index in [9.17, 15) is 19.2 Å². The zero-order valence-electron chi connectivity index (χ0n) is 18.4. The number of likely N-dealkylation sites (tertiary alicyclic amines) is 1. The van der Waals surface area contributed by atoms with Crippen LogP contribution in [0.2, 0.25) is 0 Å². The maximum atomic E-state index is 12.6. The number of methoxy groups -OCH3 is 1.